The van der Waals surface area contributed by atoms with Gasteiger partial charge >= 0.3 is 0 Å². The average Bonchev–Trinajstić information content (AvgIpc) is 2.66. The predicted octanol–water partition coefficient (Wildman–Crippen LogP) is 3.84. The number of rotatable bonds is 6. The van der Waals surface area contributed by atoms with Crippen molar-refractivity contribution in [3.05, 3.63) is 52.0 Å². The molecule has 0 saturated carbocycles. The first-order chi connectivity index (χ1) is 12.7. The van der Waals surface area contributed by atoms with E-state index in [1.54, 1.807) is 14.2 Å². The summed E-state index contributed by atoms with van der Waals surface area (Å²) in [4.78, 5) is 6.57. The first-order valence-electron chi connectivity index (χ1n) is 8.02. The van der Waals surface area contributed by atoms with Gasteiger partial charge in [-0.05, 0) is 39.7 Å². The van der Waals surface area contributed by atoms with Gasteiger partial charge in [0.15, 0.2) is 11.5 Å². The number of nitrogens with zero attached hydrogens (tertiary/aromatic N) is 2. The first kappa shape index (κ1) is 18.3. The van der Waals surface area contributed by atoms with E-state index in [1.807, 2.05) is 42.6 Å². The van der Waals surface area contributed by atoms with E-state index in [1.165, 1.54) is 0 Å². The van der Waals surface area contributed by atoms with Crippen molar-refractivity contribution in [2.75, 3.05) is 25.7 Å². The molecule has 0 aliphatic carbocycles. The quantitative estimate of drug-likeness (QED) is 0.673. The number of aliphatic imine (C=N–C) groups is 1. The molecular formula is C20H19BrN2O3. The number of fused-ring (bicyclic) bond motifs is 1. The Hall–Kier alpha value is -2.49. The maximum absolute atomic E-state index is 5.73. The molecule has 0 spiro atoms. The van der Waals surface area contributed by atoms with E-state index < -0.39 is 6.35 Å². The lowest BCUT2D eigenvalue weighted by molar-refractivity contribution is 0.0799. The zero-order chi connectivity index (χ0) is 18.5. The maximum Gasteiger partial charge on any atom is 0.229 e. The van der Waals surface area contributed by atoms with Gasteiger partial charge in [-0.25, -0.2) is 4.99 Å². The van der Waals surface area contributed by atoms with Crippen LogP contribution in [0, 0.1) is 12.3 Å². The smallest absolute Gasteiger partial charge is 0.229 e. The first-order valence-corrected chi connectivity index (χ1v) is 8.81. The van der Waals surface area contributed by atoms with E-state index in [-0.39, 0.29) is 6.61 Å². The highest BCUT2D eigenvalue weighted by Crippen LogP contribution is 2.37. The second-order valence-corrected chi connectivity index (χ2v) is 6.47. The van der Waals surface area contributed by atoms with Crippen molar-refractivity contribution >= 4 is 27.8 Å². The molecule has 1 heterocycles. The molecule has 1 aliphatic heterocycles. The highest BCUT2D eigenvalue weighted by atomic mass is 79.9. The number of terminal acetylenes is 1. The highest BCUT2D eigenvalue weighted by Gasteiger charge is 2.25. The van der Waals surface area contributed by atoms with Crippen molar-refractivity contribution in [3.8, 4) is 23.8 Å². The molecular weight excluding hydrogens is 396 g/mol. The van der Waals surface area contributed by atoms with E-state index in [2.05, 4.69) is 31.7 Å². The summed E-state index contributed by atoms with van der Waals surface area (Å²) >= 11 is 3.54. The summed E-state index contributed by atoms with van der Waals surface area (Å²) in [6, 6.07) is 12.0. The van der Waals surface area contributed by atoms with Crippen LogP contribution in [0.5, 0.6) is 11.5 Å². The summed E-state index contributed by atoms with van der Waals surface area (Å²) < 4.78 is 17.4. The lowest BCUT2D eigenvalue weighted by Crippen LogP contribution is -2.38. The van der Waals surface area contributed by atoms with Crippen LogP contribution in [0.3, 0.4) is 0 Å². The predicted molar refractivity (Wildman–Crippen MR) is 106 cm³/mol. The Morgan fingerprint density at radius 2 is 2.04 bits per heavy atom. The number of hydrogen-bond donors (Lipinski definition) is 0. The molecule has 0 saturated heterocycles. The largest absolute Gasteiger partial charge is 0.493 e. The SMILES string of the molecule is C#CCOC1N=Cc2ccccc2N1Cc1cc(Br)c(OC)c(OC)c1. The Balaban J connectivity index is 1.96. The van der Waals surface area contributed by atoms with E-state index in [9.17, 15) is 0 Å². The molecule has 0 N–H and O–H groups in total. The van der Waals surface area contributed by atoms with Crippen molar-refractivity contribution in [2.45, 2.75) is 12.9 Å². The third kappa shape index (κ3) is 3.69. The number of anilines is 1. The van der Waals surface area contributed by atoms with E-state index in [0.717, 1.165) is 21.3 Å². The Morgan fingerprint density at radius 1 is 1.23 bits per heavy atom. The zero-order valence-corrected chi connectivity index (χ0v) is 16.2. The van der Waals surface area contributed by atoms with Crippen LogP contribution in [-0.2, 0) is 11.3 Å². The fraction of sp³-hybridized carbons (Fsp3) is 0.250. The highest BCUT2D eigenvalue weighted by molar-refractivity contribution is 9.10. The normalized spacial score (nSPS) is 15.3. The lowest BCUT2D eigenvalue weighted by Gasteiger charge is -2.34. The van der Waals surface area contributed by atoms with Crippen molar-refractivity contribution in [2.24, 2.45) is 4.99 Å². The van der Waals surface area contributed by atoms with Crippen LogP contribution in [0.15, 0.2) is 45.9 Å². The molecule has 2 aromatic carbocycles. The van der Waals surface area contributed by atoms with Crippen LogP contribution in [0.2, 0.25) is 0 Å². The van der Waals surface area contributed by atoms with Gasteiger partial charge in [0.1, 0.15) is 6.61 Å². The molecule has 0 fully saturated rings. The fourth-order valence-corrected chi connectivity index (χ4v) is 3.53. The Kier molecular flexibility index (Phi) is 5.82. The molecule has 0 amide bonds. The fourth-order valence-electron chi connectivity index (χ4n) is 2.88. The van der Waals surface area contributed by atoms with Crippen LogP contribution in [0.1, 0.15) is 11.1 Å². The number of halogens is 1. The second kappa shape index (κ2) is 8.26. The summed E-state index contributed by atoms with van der Waals surface area (Å²) in [5, 5.41) is 0. The summed E-state index contributed by atoms with van der Waals surface area (Å²) in [5.74, 6) is 3.82. The molecule has 6 heteroatoms. The molecule has 1 atom stereocenters. The minimum absolute atomic E-state index is 0.191. The van der Waals surface area contributed by atoms with Gasteiger partial charge in [-0.15, -0.1) is 6.42 Å². The number of benzene rings is 2. The van der Waals surface area contributed by atoms with Gasteiger partial charge in [-0.2, -0.15) is 0 Å². The molecule has 0 aromatic heterocycles. The van der Waals surface area contributed by atoms with Gasteiger partial charge in [0.2, 0.25) is 6.35 Å². The monoisotopic (exact) mass is 414 g/mol. The topological polar surface area (TPSA) is 43.3 Å². The second-order valence-electron chi connectivity index (χ2n) is 5.62. The molecule has 2 aromatic rings. The van der Waals surface area contributed by atoms with Gasteiger partial charge < -0.3 is 19.1 Å². The third-order valence-corrected chi connectivity index (χ3v) is 4.61. The summed E-state index contributed by atoms with van der Waals surface area (Å²) in [6.45, 7) is 0.763. The van der Waals surface area contributed by atoms with Crippen molar-refractivity contribution in [1.29, 1.82) is 0 Å². The number of hydrogen-bond acceptors (Lipinski definition) is 5. The van der Waals surface area contributed by atoms with Gasteiger partial charge in [0.05, 0.1) is 18.7 Å². The number of methoxy groups -OCH3 is 2. The average molecular weight is 415 g/mol. The lowest BCUT2D eigenvalue weighted by atomic mass is 10.1. The summed E-state index contributed by atoms with van der Waals surface area (Å²) in [6.07, 6.45) is 6.68. The molecule has 1 aliphatic rings. The molecule has 134 valence electrons. The number of ether oxygens (including phenoxy) is 3. The minimum atomic E-state index is -0.479. The van der Waals surface area contributed by atoms with Gasteiger partial charge in [-0.3, -0.25) is 0 Å². The van der Waals surface area contributed by atoms with Crippen molar-refractivity contribution in [3.63, 3.8) is 0 Å². The molecule has 0 radical (unpaired) electrons. The van der Waals surface area contributed by atoms with Crippen LogP contribution in [0.25, 0.3) is 0 Å². The summed E-state index contributed by atoms with van der Waals surface area (Å²) in [5.41, 5.74) is 3.10. The van der Waals surface area contributed by atoms with Gasteiger partial charge in [-0.1, -0.05) is 24.1 Å². The van der Waals surface area contributed by atoms with Gasteiger partial charge in [0, 0.05) is 24.0 Å². The van der Waals surface area contributed by atoms with Crippen LogP contribution < -0.4 is 14.4 Å². The van der Waals surface area contributed by atoms with Crippen LogP contribution in [-0.4, -0.2) is 33.4 Å². The zero-order valence-electron chi connectivity index (χ0n) is 14.6. The molecule has 1 unspecified atom stereocenters. The van der Waals surface area contributed by atoms with E-state index in [4.69, 9.17) is 20.6 Å². The Labute approximate surface area is 161 Å². The Bertz CT molecular complexity index is 861. The van der Waals surface area contributed by atoms with Crippen LogP contribution in [0.4, 0.5) is 5.69 Å². The molecule has 0 bridgehead atoms. The Morgan fingerprint density at radius 3 is 2.77 bits per heavy atom. The molecule has 5 nitrogen and oxygen atoms in total. The van der Waals surface area contributed by atoms with E-state index in [0.29, 0.717) is 18.0 Å². The van der Waals surface area contributed by atoms with Crippen molar-refractivity contribution in [1.82, 2.24) is 0 Å². The minimum Gasteiger partial charge on any atom is -0.493 e. The standard InChI is InChI=1S/C20H19BrN2O3/c1-4-9-26-20-22-12-15-7-5-6-8-17(15)23(20)13-14-10-16(21)19(25-3)18(11-14)24-2/h1,5-8,10-12,20H,9,13H2,2-3H3. The van der Waals surface area contributed by atoms with Crippen LogP contribution >= 0.6 is 15.9 Å². The van der Waals surface area contributed by atoms with Crippen molar-refractivity contribution < 1.29 is 14.2 Å². The van der Waals surface area contributed by atoms with Gasteiger partial charge in [0.25, 0.3) is 0 Å². The summed E-state index contributed by atoms with van der Waals surface area (Å²) in [7, 11) is 3.23. The molecule has 3 rings (SSSR count). The molecule has 26 heavy (non-hydrogen) atoms. The maximum atomic E-state index is 5.73. The van der Waals surface area contributed by atoms with E-state index >= 15 is 0 Å². The third-order valence-electron chi connectivity index (χ3n) is 4.02. The number of para-hydroxylation sites is 1.